The van der Waals surface area contributed by atoms with Gasteiger partial charge in [-0.1, -0.05) is 0 Å². The van der Waals surface area contributed by atoms with Gasteiger partial charge in [0.25, 0.3) is 0 Å². The normalized spacial score (nSPS) is 10.0. The molecule has 0 aromatic carbocycles. The number of aromatic nitrogens is 2. The van der Waals surface area contributed by atoms with Crippen LogP contribution >= 0.6 is 15.9 Å². The van der Waals surface area contributed by atoms with E-state index < -0.39 is 0 Å². The highest BCUT2D eigenvalue weighted by Gasteiger charge is 1.97. The molecule has 0 unspecified atom stereocenters. The fourth-order valence-corrected chi connectivity index (χ4v) is 1.28. The van der Waals surface area contributed by atoms with Crippen LogP contribution in [0.3, 0.4) is 0 Å². The highest BCUT2D eigenvalue weighted by Crippen LogP contribution is 2.16. The van der Waals surface area contributed by atoms with Gasteiger partial charge in [0.2, 0.25) is 0 Å². The number of anilines is 1. The standard InChI is InChI=1S/C8H13BrN4/c9-7-5-11-6-13-8(7)12-4-2-1-3-10/h5-6H,1-4,10H2,(H,11,12,13). The molecule has 3 N–H and O–H groups in total. The van der Waals surface area contributed by atoms with Crippen molar-refractivity contribution < 1.29 is 0 Å². The van der Waals surface area contributed by atoms with E-state index in [1.54, 1.807) is 6.20 Å². The van der Waals surface area contributed by atoms with Crippen LogP contribution < -0.4 is 11.1 Å². The lowest BCUT2D eigenvalue weighted by atomic mass is 10.3. The van der Waals surface area contributed by atoms with Gasteiger partial charge >= 0.3 is 0 Å². The van der Waals surface area contributed by atoms with Crippen LogP contribution in [0.25, 0.3) is 0 Å². The summed E-state index contributed by atoms with van der Waals surface area (Å²) in [6.45, 7) is 1.64. The van der Waals surface area contributed by atoms with Gasteiger partial charge in [0.05, 0.1) is 4.47 Å². The van der Waals surface area contributed by atoms with Crippen LogP contribution in [-0.2, 0) is 0 Å². The van der Waals surface area contributed by atoms with E-state index in [-0.39, 0.29) is 0 Å². The molecule has 72 valence electrons. The first-order valence-corrected chi connectivity index (χ1v) is 5.03. The largest absolute Gasteiger partial charge is 0.369 e. The van der Waals surface area contributed by atoms with Crippen molar-refractivity contribution in [3.8, 4) is 0 Å². The minimum Gasteiger partial charge on any atom is -0.369 e. The Morgan fingerprint density at radius 3 is 3.00 bits per heavy atom. The van der Waals surface area contributed by atoms with E-state index >= 15 is 0 Å². The molecule has 5 heteroatoms. The lowest BCUT2D eigenvalue weighted by Crippen LogP contribution is -2.07. The Hall–Kier alpha value is -0.680. The van der Waals surface area contributed by atoms with Gasteiger partial charge in [-0.05, 0) is 35.3 Å². The van der Waals surface area contributed by atoms with E-state index in [0.717, 1.165) is 36.2 Å². The predicted molar refractivity (Wildman–Crippen MR) is 56.5 cm³/mol. The topological polar surface area (TPSA) is 63.8 Å². The Balaban J connectivity index is 2.32. The lowest BCUT2D eigenvalue weighted by Gasteiger charge is -2.05. The smallest absolute Gasteiger partial charge is 0.143 e. The maximum Gasteiger partial charge on any atom is 0.143 e. The summed E-state index contributed by atoms with van der Waals surface area (Å²) in [5.41, 5.74) is 5.38. The van der Waals surface area contributed by atoms with Crippen molar-refractivity contribution in [1.29, 1.82) is 0 Å². The number of rotatable bonds is 5. The second-order valence-corrected chi connectivity index (χ2v) is 3.50. The molecule has 0 saturated carbocycles. The molecule has 0 amide bonds. The minimum absolute atomic E-state index is 0.743. The van der Waals surface area contributed by atoms with Crippen LogP contribution in [0.1, 0.15) is 12.8 Å². The highest BCUT2D eigenvalue weighted by atomic mass is 79.9. The summed E-state index contributed by atoms with van der Waals surface area (Å²) in [5, 5.41) is 3.19. The minimum atomic E-state index is 0.743. The molecule has 0 fully saturated rings. The van der Waals surface area contributed by atoms with Crippen molar-refractivity contribution in [2.75, 3.05) is 18.4 Å². The third kappa shape index (κ3) is 3.69. The summed E-state index contributed by atoms with van der Waals surface area (Å²) >= 11 is 3.35. The van der Waals surface area contributed by atoms with Crippen LogP contribution in [0.2, 0.25) is 0 Å². The van der Waals surface area contributed by atoms with E-state index in [0.29, 0.717) is 0 Å². The van der Waals surface area contributed by atoms with Crippen LogP contribution in [-0.4, -0.2) is 23.1 Å². The zero-order chi connectivity index (χ0) is 9.52. The fourth-order valence-electron chi connectivity index (χ4n) is 0.919. The number of hydrogen-bond acceptors (Lipinski definition) is 4. The number of nitrogens with zero attached hydrogens (tertiary/aromatic N) is 2. The summed E-state index contributed by atoms with van der Waals surface area (Å²) < 4.78 is 0.891. The molecule has 1 rings (SSSR count). The number of nitrogens with two attached hydrogens (primary N) is 1. The summed E-state index contributed by atoms with van der Waals surface area (Å²) in [7, 11) is 0. The molecular formula is C8H13BrN4. The zero-order valence-electron chi connectivity index (χ0n) is 7.33. The quantitative estimate of drug-likeness (QED) is 0.769. The van der Waals surface area contributed by atoms with Crippen molar-refractivity contribution in [3.63, 3.8) is 0 Å². The SMILES string of the molecule is NCCCCNc1ncncc1Br. The number of halogens is 1. The molecular weight excluding hydrogens is 232 g/mol. The molecule has 0 aliphatic heterocycles. The number of nitrogens with one attached hydrogen (secondary N) is 1. The monoisotopic (exact) mass is 244 g/mol. The first-order chi connectivity index (χ1) is 6.34. The lowest BCUT2D eigenvalue weighted by molar-refractivity contribution is 0.771. The van der Waals surface area contributed by atoms with Crippen molar-refractivity contribution in [2.24, 2.45) is 5.73 Å². The van der Waals surface area contributed by atoms with Crippen LogP contribution in [0.15, 0.2) is 17.0 Å². The van der Waals surface area contributed by atoms with Gasteiger partial charge in [-0.15, -0.1) is 0 Å². The van der Waals surface area contributed by atoms with E-state index in [4.69, 9.17) is 5.73 Å². The molecule has 13 heavy (non-hydrogen) atoms. The van der Waals surface area contributed by atoms with Gasteiger partial charge in [-0.2, -0.15) is 0 Å². The molecule has 0 bridgehead atoms. The zero-order valence-corrected chi connectivity index (χ0v) is 8.92. The summed E-state index contributed by atoms with van der Waals surface area (Å²) in [6.07, 6.45) is 5.34. The summed E-state index contributed by atoms with van der Waals surface area (Å²) in [5.74, 6) is 0.840. The maximum absolute atomic E-state index is 5.38. The molecule has 1 heterocycles. The number of unbranched alkanes of at least 4 members (excludes halogenated alkanes) is 1. The average Bonchev–Trinajstić information content (AvgIpc) is 2.15. The molecule has 4 nitrogen and oxygen atoms in total. The van der Waals surface area contributed by atoms with Gasteiger partial charge in [-0.3, -0.25) is 0 Å². The van der Waals surface area contributed by atoms with E-state index in [2.05, 4.69) is 31.2 Å². The molecule has 1 aromatic heterocycles. The third-order valence-electron chi connectivity index (χ3n) is 1.59. The molecule has 0 spiro atoms. The number of hydrogen-bond donors (Lipinski definition) is 2. The Morgan fingerprint density at radius 1 is 1.46 bits per heavy atom. The first-order valence-electron chi connectivity index (χ1n) is 4.24. The molecule has 0 saturated heterocycles. The second kappa shape index (κ2) is 5.88. The predicted octanol–water partition coefficient (Wildman–Crippen LogP) is 1.39. The van der Waals surface area contributed by atoms with E-state index in [1.807, 2.05) is 0 Å². The van der Waals surface area contributed by atoms with Gasteiger partial charge in [0.1, 0.15) is 12.1 Å². The molecule has 0 atom stereocenters. The van der Waals surface area contributed by atoms with Crippen molar-refractivity contribution >= 4 is 21.7 Å². The summed E-state index contributed by atoms with van der Waals surface area (Å²) in [6, 6.07) is 0. The van der Waals surface area contributed by atoms with Crippen molar-refractivity contribution in [1.82, 2.24) is 9.97 Å². The fraction of sp³-hybridized carbons (Fsp3) is 0.500. The maximum atomic E-state index is 5.38. The van der Waals surface area contributed by atoms with Crippen LogP contribution in [0, 0.1) is 0 Å². The molecule has 0 aliphatic rings. The van der Waals surface area contributed by atoms with Gasteiger partial charge in [0.15, 0.2) is 0 Å². The summed E-state index contributed by atoms with van der Waals surface area (Å²) in [4.78, 5) is 7.95. The van der Waals surface area contributed by atoms with Gasteiger partial charge in [-0.25, -0.2) is 9.97 Å². The van der Waals surface area contributed by atoms with Crippen LogP contribution in [0.5, 0.6) is 0 Å². The molecule has 1 aromatic rings. The van der Waals surface area contributed by atoms with Crippen LogP contribution in [0.4, 0.5) is 5.82 Å². The van der Waals surface area contributed by atoms with Gasteiger partial charge < -0.3 is 11.1 Å². The van der Waals surface area contributed by atoms with Crippen molar-refractivity contribution in [2.45, 2.75) is 12.8 Å². The highest BCUT2D eigenvalue weighted by molar-refractivity contribution is 9.10. The molecule has 0 aliphatic carbocycles. The Kier molecular flexibility index (Phi) is 4.70. The van der Waals surface area contributed by atoms with E-state index in [1.165, 1.54) is 6.33 Å². The van der Waals surface area contributed by atoms with Crippen molar-refractivity contribution in [3.05, 3.63) is 17.0 Å². The Labute approximate surface area is 86.1 Å². The first kappa shape index (κ1) is 10.4. The molecule has 0 radical (unpaired) electrons. The Bertz CT molecular complexity index is 254. The third-order valence-corrected chi connectivity index (χ3v) is 2.17. The van der Waals surface area contributed by atoms with E-state index in [9.17, 15) is 0 Å². The second-order valence-electron chi connectivity index (χ2n) is 2.64. The van der Waals surface area contributed by atoms with Gasteiger partial charge in [0, 0.05) is 12.7 Å². The Morgan fingerprint density at radius 2 is 2.31 bits per heavy atom. The average molecular weight is 245 g/mol.